The topological polar surface area (TPSA) is 55.6 Å². The maximum absolute atomic E-state index is 11.9. The molecule has 100 valence electrons. The number of hydrogen-bond acceptors (Lipinski definition) is 4. The summed E-state index contributed by atoms with van der Waals surface area (Å²) in [7, 11) is 1.79. The minimum Gasteiger partial charge on any atom is -0.378 e. The molecule has 1 aliphatic heterocycles. The fraction of sp³-hybridized carbons (Fsp3) is 0.692. The first-order valence-electron chi connectivity index (χ1n) is 6.43. The van der Waals surface area contributed by atoms with Crippen molar-refractivity contribution in [3.05, 3.63) is 17.5 Å². The van der Waals surface area contributed by atoms with E-state index in [1.165, 1.54) is 0 Å². The second kappa shape index (κ2) is 6.00. The molecule has 1 saturated heterocycles. The Bertz CT molecular complexity index is 397. The first-order chi connectivity index (χ1) is 8.65. The van der Waals surface area contributed by atoms with E-state index < -0.39 is 0 Å². The molecule has 0 unspecified atom stereocenters. The molecule has 0 saturated carbocycles. The molecule has 2 heterocycles. The van der Waals surface area contributed by atoms with Crippen molar-refractivity contribution in [2.45, 2.75) is 45.3 Å². The van der Waals surface area contributed by atoms with Crippen LogP contribution in [0.15, 0.2) is 10.6 Å². The molecule has 1 fully saturated rings. The average Bonchev–Trinajstić information content (AvgIpc) is 2.97. The third kappa shape index (κ3) is 3.57. The Morgan fingerprint density at radius 2 is 2.44 bits per heavy atom. The quantitative estimate of drug-likeness (QED) is 0.803. The second-order valence-electron chi connectivity index (χ2n) is 4.85. The van der Waals surface area contributed by atoms with Crippen molar-refractivity contribution < 1.29 is 14.1 Å². The van der Waals surface area contributed by atoms with Crippen LogP contribution in [0.4, 0.5) is 0 Å². The van der Waals surface area contributed by atoms with Gasteiger partial charge in [-0.1, -0.05) is 5.16 Å². The van der Waals surface area contributed by atoms with Gasteiger partial charge in [0.1, 0.15) is 11.5 Å². The highest BCUT2D eigenvalue weighted by Crippen LogP contribution is 2.17. The van der Waals surface area contributed by atoms with Crippen molar-refractivity contribution in [1.29, 1.82) is 0 Å². The molecule has 18 heavy (non-hydrogen) atoms. The van der Waals surface area contributed by atoms with Crippen LogP contribution in [0, 0.1) is 6.92 Å². The normalized spacial score (nSPS) is 19.1. The highest BCUT2D eigenvalue weighted by atomic mass is 16.5. The van der Waals surface area contributed by atoms with Crippen LogP contribution in [0.5, 0.6) is 0 Å². The number of rotatable bonds is 5. The Hall–Kier alpha value is -1.36. The number of carbonyl (C=O) groups is 1. The number of carbonyl (C=O) groups excluding carboxylic acids is 1. The van der Waals surface area contributed by atoms with Crippen LogP contribution in [-0.4, -0.2) is 35.7 Å². The molecule has 2 rings (SSSR count). The molecule has 5 heteroatoms. The van der Waals surface area contributed by atoms with Crippen LogP contribution >= 0.6 is 0 Å². The summed E-state index contributed by atoms with van der Waals surface area (Å²) in [5.74, 6) is 0.899. The SMILES string of the molecule is Cc1cc(CN(C)C(=O)CC[C@H]2CCCO2)no1. The molecule has 1 amide bonds. The largest absolute Gasteiger partial charge is 0.378 e. The van der Waals surface area contributed by atoms with E-state index in [4.69, 9.17) is 9.26 Å². The molecule has 0 radical (unpaired) electrons. The number of aryl methyl sites for hydroxylation is 1. The van der Waals surface area contributed by atoms with E-state index >= 15 is 0 Å². The van der Waals surface area contributed by atoms with Crippen LogP contribution in [0.1, 0.15) is 37.1 Å². The zero-order valence-electron chi connectivity index (χ0n) is 11.0. The van der Waals surface area contributed by atoms with E-state index in [1.54, 1.807) is 11.9 Å². The van der Waals surface area contributed by atoms with Crippen LogP contribution in [0.2, 0.25) is 0 Å². The van der Waals surface area contributed by atoms with Gasteiger partial charge in [-0.2, -0.15) is 0 Å². The molecule has 1 atom stereocenters. The Kier molecular flexibility index (Phi) is 4.36. The zero-order chi connectivity index (χ0) is 13.0. The summed E-state index contributed by atoms with van der Waals surface area (Å²) < 4.78 is 10.5. The van der Waals surface area contributed by atoms with Gasteiger partial charge in [0.15, 0.2) is 0 Å². The Labute approximate surface area is 107 Å². The molecule has 0 bridgehead atoms. The van der Waals surface area contributed by atoms with Gasteiger partial charge in [-0.25, -0.2) is 0 Å². The van der Waals surface area contributed by atoms with Crippen molar-refractivity contribution in [3.63, 3.8) is 0 Å². The fourth-order valence-corrected chi connectivity index (χ4v) is 2.17. The lowest BCUT2D eigenvalue weighted by atomic mass is 10.1. The fourth-order valence-electron chi connectivity index (χ4n) is 2.17. The molecule has 0 N–H and O–H groups in total. The first-order valence-corrected chi connectivity index (χ1v) is 6.43. The maximum Gasteiger partial charge on any atom is 0.222 e. The first kappa shape index (κ1) is 13.1. The van der Waals surface area contributed by atoms with Crippen LogP contribution in [0.3, 0.4) is 0 Å². The number of aromatic nitrogens is 1. The van der Waals surface area contributed by atoms with Crippen molar-refractivity contribution >= 4 is 5.91 Å². The maximum atomic E-state index is 11.9. The molecule has 1 aliphatic rings. The molecule has 5 nitrogen and oxygen atoms in total. The van der Waals surface area contributed by atoms with Gasteiger partial charge in [0, 0.05) is 26.1 Å². The predicted octanol–water partition coefficient (Wildman–Crippen LogP) is 1.90. The summed E-state index contributed by atoms with van der Waals surface area (Å²) in [6.45, 7) is 3.18. The van der Waals surface area contributed by atoms with Gasteiger partial charge < -0.3 is 14.2 Å². The summed E-state index contributed by atoms with van der Waals surface area (Å²) in [6, 6.07) is 1.85. The Balaban J connectivity index is 1.74. The third-order valence-electron chi connectivity index (χ3n) is 3.21. The minimum atomic E-state index is 0.131. The van der Waals surface area contributed by atoms with E-state index in [0.29, 0.717) is 13.0 Å². The number of nitrogens with zero attached hydrogens (tertiary/aromatic N) is 2. The van der Waals surface area contributed by atoms with Gasteiger partial charge >= 0.3 is 0 Å². The van der Waals surface area contributed by atoms with E-state index in [2.05, 4.69) is 5.16 Å². The van der Waals surface area contributed by atoms with Crippen LogP contribution < -0.4 is 0 Å². The predicted molar refractivity (Wildman–Crippen MR) is 65.9 cm³/mol. The summed E-state index contributed by atoms with van der Waals surface area (Å²) in [5, 5.41) is 3.88. The highest BCUT2D eigenvalue weighted by molar-refractivity contribution is 5.75. The van der Waals surface area contributed by atoms with E-state index in [9.17, 15) is 4.79 Å². The van der Waals surface area contributed by atoms with E-state index in [0.717, 1.165) is 37.3 Å². The Morgan fingerprint density at radius 3 is 3.06 bits per heavy atom. The van der Waals surface area contributed by atoms with Gasteiger partial charge in [-0.15, -0.1) is 0 Å². The molecule has 0 spiro atoms. The number of ether oxygens (including phenoxy) is 1. The van der Waals surface area contributed by atoms with Crippen molar-refractivity contribution in [2.75, 3.05) is 13.7 Å². The summed E-state index contributed by atoms with van der Waals surface area (Å²) in [5.41, 5.74) is 0.792. The molecular weight excluding hydrogens is 232 g/mol. The smallest absolute Gasteiger partial charge is 0.222 e. The third-order valence-corrected chi connectivity index (χ3v) is 3.21. The lowest BCUT2D eigenvalue weighted by Crippen LogP contribution is -2.27. The average molecular weight is 252 g/mol. The standard InChI is InChI=1S/C13H20N2O3/c1-10-8-11(14-18-10)9-15(2)13(16)6-5-12-4-3-7-17-12/h8,12H,3-7,9H2,1-2H3/t12-/m1/s1. The molecule has 0 aliphatic carbocycles. The zero-order valence-corrected chi connectivity index (χ0v) is 11.0. The lowest BCUT2D eigenvalue weighted by molar-refractivity contribution is -0.131. The minimum absolute atomic E-state index is 0.131. The van der Waals surface area contributed by atoms with Crippen molar-refractivity contribution in [2.24, 2.45) is 0 Å². The molecular formula is C13H20N2O3. The molecule has 1 aromatic heterocycles. The Morgan fingerprint density at radius 1 is 1.61 bits per heavy atom. The van der Waals surface area contributed by atoms with E-state index in [-0.39, 0.29) is 12.0 Å². The molecule has 1 aromatic rings. The summed E-state index contributed by atoms with van der Waals surface area (Å²) >= 11 is 0. The van der Waals surface area contributed by atoms with Crippen LogP contribution in [-0.2, 0) is 16.1 Å². The van der Waals surface area contributed by atoms with Gasteiger partial charge in [0.25, 0.3) is 0 Å². The number of hydrogen-bond donors (Lipinski definition) is 0. The van der Waals surface area contributed by atoms with E-state index in [1.807, 2.05) is 13.0 Å². The summed E-state index contributed by atoms with van der Waals surface area (Å²) in [4.78, 5) is 13.6. The highest BCUT2D eigenvalue weighted by Gasteiger charge is 2.18. The molecule has 0 aromatic carbocycles. The van der Waals surface area contributed by atoms with Crippen LogP contribution in [0.25, 0.3) is 0 Å². The van der Waals surface area contributed by atoms with Gasteiger partial charge in [0.05, 0.1) is 12.6 Å². The van der Waals surface area contributed by atoms with Crippen molar-refractivity contribution in [3.8, 4) is 0 Å². The van der Waals surface area contributed by atoms with Gasteiger partial charge in [-0.3, -0.25) is 4.79 Å². The lowest BCUT2D eigenvalue weighted by Gasteiger charge is -2.16. The second-order valence-corrected chi connectivity index (χ2v) is 4.85. The van der Waals surface area contributed by atoms with Gasteiger partial charge in [-0.05, 0) is 26.2 Å². The van der Waals surface area contributed by atoms with Gasteiger partial charge in [0.2, 0.25) is 5.91 Å². The number of amides is 1. The monoisotopic (exact) mass is 252 g/mol. The van der Waals surface area contributed by atoms with Crippen molar-refractivity contribution in [1.82, 2.24) is 10.1 Å². The summed E-state index contributed by atoms with van der Waals surface area (Å²) in [6.07, 6.45) is 3.84.